The van der Waals surface area contributed by atoms with Crippen LogP contribution in [-0.2, 0) is 22.7 Å². The number of rotatable bonds is 16. The molecular formula is C30H45N9O3. The molecule has 2 atom stereocenters. The minimum atomic E-state index is 0.0949. The molecule has 2 unspecified atom stereocenters. The summed E-state index contributed by atoms with van der Waals surface area (Å²) in [5.74, 6) is 7.01. The van der Waals surface area contributed by atoms with E-state index in [1.165, 1.54) is 5.56 Å². The summed E-state index contributed by atoms with van der Waals surface area (Å²) in [5.41, 5.74) is 10.1. The Morgan fingerprint density at radius 2 is 1.93 bits per heavy atom. The summed E-state index contributed by atoms with van der Waals surface area (Å²) in [7, 11) is 1.74. The number of nitrogen functional groups attached to an aromatic ring is 1. The molecular weight excluding hydrogens is 534 g/mol. The maximum atomic E-state index is 5.99. The minimum absolute atomic E-state index is 0.0949. The lowest BCUT2D eigenvalue weighted by molar-refractivity contribution is 0.119. The Morgan fingerprint density at radius 3 is 2.71 bits per heavy atom. The van der Waals surface area contributed by atoms with Gasteiger partial charge < -0.3 is 34.8 Å². The minimum Gasteiger partial charge on any atom is -0.496 e. The number of fused-ring (bicyclic) bond motifs is 1. The highest BCUT2D eigenvalue weighted by atomic mass is 16.7. The van der Waals surface area contributed by atoms with Gasteiger partial charge in [0.1, 0.15) is 23.6 Å². The van der Waals surface area contributed by atoms with E-state index in [-0.39, 0.29) is 18.3 Å². The first-order chi connectivity index (χ1) is 20.6. The summed E-state index contributed by atoms with van der Waals surface area (Å²) in [6.07, 6.45) is 8.41. The van der Waals surface area contributed by atoms with Gasteiger partial charge in [0, 0.05) is 51.0 Å². The maximum Gasteiger partial charge on any atom is 0.222 e. The Balaban J connectivity index is 1.13. The number of methoxy groups -OCH3 is 1. The van der Waals surface area contributed by atoms with Crippen LogP contribution in [0, 0.1) is 0 Å². The second kappa shape index (κ2) is 14.8. The monoisotopic (exact) mass is 579 g/mol. The highest BCUT2D eigenvalue weighted by Crippen LogP contribution is 2.27. The summed E-state index contributed by atoms with van der Waals surface area (Å²) in [4.78, 5) is 18.6. The van der Waals surface area contributed by atoms with Gasteiger partial charge >= 0.3 is 0 Å². The number of epoxide rings is 1. The predicted molar refractivity (Wildman–Crippen MR) is 165 cm³/mol. The number of allylic oxidation sites excluding steroid dienone is 1. The van der Waals surface area contributed by atoms with E-state index in [0.29, 0.717) is 13.2 Å². The van der Waals surface area contributed by atoms with Crippen LogP contribution in [0.2, 0.25) is 0 Å². The fourth-order valence-electron chi connectivity index (χ4n) is 5.54. The van der Waals surface area contributed by atoms with Gasteiger partial charge in [0.05, 0.1) is 25.8 Å². The molecule has 2 aliphatic heterocycles. The highest BCUT2D eigenvalue weighted by Gasteiger charge is 2.38. The molecule has 2 aliphatic rings. The van der Waals surface area contributed by atoms with E-state index in [1.54, 1.807) is 7.11 Å². The fraction of sp³-hybridized carbons (Fsp3) is 0.533. The van der Waals surface area contributed by atoms with Crippen molar-refractivity contribution in [1.82, 2.24) is 29.7 Å². The van der Waals surface area contributed by atoms with Gasteiger partial charge in [-0.3, -0.25) is 10.2 Å². The number of piperazine rings is 1. The van der Waals surface area contributed by atoms with Crippen LogP contribution in [0.3, 0.4) is 0 Å². The Hall–Kier alpha value is -3.26. The molecule has 2 aromatic heterocycles. The normalized spacial score (nSPS) is 19.6. The molecule has 12 heteroatoms. The third-order valence-corrected chi connectivity index (χ3v) is 7.87. The molecule has 1 aromatic carbocycles. The first kappa shape index (κ1) is 30.2. The Bertz CT molecular complexity index is 1320. The Morgan fingerprint density at radius 1 is 1.10 bits per heavy atom. The molecule has 228 valence electrons. The molecule has 42 heavy (non-hydrogen) atoms. The number of aromatic nitrogens is 3. The average Bonchev–Trinajstić information content (AvgIpc) is 3.62. The van der Waals surface area contributed by atoms with Crippen LogP contribution in [0.25, 0.3) is 11.0 Å². The molecule has 6 N–H and O–H groups in total. The second-order valence-electron chi connectivity index (χ2n) is 10.9. The molecule has 2 saturated heterocycles. The first-order valence-corrected chi connectivity index (χ1v) is 14.9. The predicted octanol–water partition coefficient (Wildman–Crippen LogP) is 2.16. The lowest BCUT2D eigenvalue weighted by Crippen LogP contribution is -2.46. The Labute approximate surface area is 247 Å². The van der Waals surface area contributed by atoms with Crippen LogP contribution >= 0.6 is 0 Å². The number of nitrogens with two attached hydrogens (primary N) is 2. The van der Waals surface area contributed by atoms with Crippen molar-refractivity contribution in [3.8, 4) is 5.75 Å². The van der Waals surface area contributed by atoms with Crippen LogP contribution in [0.1, 0.15) is 30.9 Å². The van der Waals surface area contributed by atoms with Gasteiger partial charge in [0.2, 0.25) is 5.95 Å². The molecule has 0 spiro atoms. The van der Waals surface area contributed by atoms with Gasteiger partial charge in [0.15, 0.2) is 5.82 Å². The van der Waals surface area contributed by atoms with E-state index in [4.69, 9.17) is 21.1 Å². The molecule has 0 saturated carbocycles. The third-order valence-electron chi connectivity index (χ3n) is 7.87. The van der Waals surface area contributed by atoms with Crippen LogP contribution in [0.4, 0.5) is 11.8 Å². The van der Waals surface area contributed by atoms with Crippen molar-refractivity contribution in [2.75, 3.05) is 70.6 Å². The van der Waals surface area contributed by atoms with Gasteiger partial charge in [-0.2, -0.15) is 4.98 Å². The van der Waals surface area contributed by atoms with E-state index in [0.717, 1.165) is 93.4 Å². The van der Waals surface area contributed by atoms with E-state index in [9.17, 15) is 0 Å². The van der Waals surface area contributed by atoms with Crippen molar-refractivity contribution in [1.29, 1.82) is 0 Å². The zero-order valence-corrected chi connectivity index (χ0v) is 24.8. The summed E-state index contributed by atoms with van der Waals surface area (Å²) in [5, 5.41) is 6.83. The zero-order chi connectivity index (χ0) is 29.3. The molecule has 4 heterocycles. The highest BCUT2D eigenvalue weighted by molar-refractivity contribution is 5.87. The number of nitrogens with zero attached hydrogens (tertiary/aromatic N) is 5. The summed E-state index contributed by atoms with van der Waals surface area (Å²) in [6.45, 7) is 11.1. The van der Waals surface area contributed by atoms with Crippen molar-refractivity contribution >= 4 is 22.8 Å². The standard InChI is InChI=1S/C30H45N9O3/c1-3-4-5-10-33-28-27-24(35-30(31)36-28)9-13-39(27)20-23-8-7-22(18-25(23)40-2)19-38-16-14-37(15-17-38)12-6-11-34-29-26(42-29)21-41-32/h3-4,7-9,13,18,26,29,34H,5-6,10-12,14-17,19-21,32H2,1-2H3,(H3,31,33,35,36)/b4-3+. The van der Waals surface area contributed by atoms with E-state index in [2.05, 4.69) is 64.1 Å². The molecule has 0 aliphatic carbocycles. The van der Waals surface area contributed by atoms with Gasteiger partial charge in [-0.25, -0.2) is 10.9 Å². The van der Waals surface area contributed by atoms with E-state index in [1.807, 2.05) is 25.3 Å². The molecule has 0 radical (unpaired) electrons. The number of hydrogen-bond donors (Lipinski definition) is 4. The van der Waals surface area contributed by atoms with Gasteiger partial charge in [-0.05, 0) is 50.6 Å². The molecule has 2 fully saturated rings. The van der Waals surface area contributed by atoms with Crippen molar-refractivity contribution in [2.45, 2.75) is 45.2 Å². The molecule has 3 aromatic rings. The summed E-state index contributed by atoms with van der Waals surface area (Å²) < 4.78 is 13.5. The molecule has 12 nitrogen and oxygen atoms in total. The smallest absolute Gasteiger partial charge is 0.222 e. The van der Waals surface area contributed by atoms with E-state index < -0.39 is 0 Å². The number of hydrogen-bond acceptors (Lipinski definition) is 11. The largest absolute Gasteiger partial charge is 0.496 e. The second-order valence-corrected chi connectivity index (χ2v) is 10.9. The zero-order valence-electron chi connectivity index (χ0n) is 24.8. The van der Waals surface area contributed by atoms with Crippen molar-refractivity contribution in [3.05, 3.63) is 53.7 Å². The van der Waals surface area contributed by atoms with Crippen molar-refractivity contribution in [2.24, 2.45) is 5.90 Å². The van der Waals surface area contributed by atoms with Crippen molar-refractivity contribution < 1.29 is 14.3 Å². The number of ether oxygens (including phenoxy) is 2. The number of benzene rings is 1. The van der Waals surface area contributed by atoms with Crippen LogP contribution in [-0.4, -0.2) is 96.2 Å². The van der Waals surface area contributed by atoms with Crippen LogP contribution in [0.5, 0.6) is 5.75 Å². The van der Waals surface area contributed by atoms with Crippen LogP contribution < -0.4 is 27.0 Å². The number of nitrogens with one attached hydrogen (secondary N) is 2. The van der Waals surface area contributed by atoms with Crippen LogP contribution in [0.15, 0.2) is 42.6 Å². The van der Waals surface area contributed by atoms with Gasteiger partial charge in [0.25, 0.3) is 0 Å². The first-order valence-electron chi connectivity index (χ1n) is 14.9. The molecule has 0 amide bonds. The average molecular weight is 580 g/mol. The topological polar surface area (TPSA) is 144 Å². The fourth-order valence-corrected chi connectivity index (χ4v) is 5.54. The summed E-state index contributed by atoms with van der Waals surface area (Å²) >= 11 is 0. The lowest BCUT2D eigenvalue weighted by Gasteiger charge is -2.34. The Kier molecular flexibility index (Phi) is 10.6. The quantitative estimate of drug-likeness (QED) is 0.0858. The molecule has 5 rings (SSSR count). The van der Waals surface area contributed by atoms with Gasteiger partial charge in [-0.15, -0.1) is 0 Å². The summed E-state index contributed by atoms with van der Waals surface area (Å²) in [6, 6.07) is 8.55. The SMILES string of the molecule is C/C=C/CCNc1nc(N)nc2ccn(Cc3ccc(CN4CCN(CCCNC5OC5CON)CC4)cc3OC)c12. The van der Waals surface area contributed by atoms with E-state index >= 15 is 0 Å². The maximum absolute atomic E-state index is 5.99. The van der Waals surface area contributed by atoms with Gasteiger partial charge in [-0.1, -0.05) is 24.3 Å². The molecule has 0 bridgehead atoms. The third kappa shape index (κ3) is 7.97. The number of anilines is 2. The lowest BCUT2D eigenvalue weighted by atomic mass is 10.1. The van der Waals surface area contributed by atoms with Crippen molar-refractivity contribution in [3.63, 3.8) is 0 Å².